The van der Waals surface area contributed by atoms with Crippen LogP contribution in [0.1, 0.15) is 19.3 Å². The smallest absolute Gasteiger partial charge is 0.231 e. The van der Waals surface area contributed by atoms with Crippen LogP contribution in [0.2, 0.25) is 0 Å². The van der Waals surface area contributed by atoms with Crippen molar-refractivity contribution in [2.45, 2.75) is 19.3 Å². The van der Waals surface area contributed by atoms with Gasteiger partial charge in [0.15, 0.2) is 0 Å². The molecule has 0 amide bonds. The molecule has 100 valence electrons. The van der Waals surface area contributed by atoms with Crippen molar-refractivity contribution in [1.29, 1.82) is 0 Å². The van der Waals surface area contributed by atoms with E-state index in [4.69, 9.17) is 5.73 Å². The van der Waals surface area contributed by atoms with Crippen molar-refractivity contribution in [2.24, 2.45) is 0 Å². The second-order valence-electron chi connectivity index (χ2n) is 4.28. The Balaban J connectivity index is 2.05. The molecule has 1 aromatic heterocycles. The first-order valence-corrected chi connectivity index (χ1v) is 7.68. The van der Waals surface area contributed by atoms with Crippen molar-refractivity contribution < 1.29 is 0 Å². The van der Waals surface area contributed by atoms with E-state index in [1.807, 2.05) is 0 Å². The fourth-order valence-electron chi connectivity index (χ4n) is 1.96. The highest BCUT2D eigenvalue weighted by Gasteiger charge is 2.15. The lowest BCUT2D eigenvalue weighted by molar-refractivity contribution is 0.568. The maximum atomic E-state index is 5.74. The number of hydrogen-bond acceptors (Lipinski definition) is 7. The lowest BCUT2D eigenvalue weighted by atomic mass is 10.1. The van der Waals surface area contributed by atoms with Gasteiger partial charge >= 0.3 is 0 Å². The summed E-state index contributed by atoms with van der Waals surface area (Å²) in [5, 5.41) is 3.18. The lowest BCUT2D eigenvalue weighted by Crippen LogP contribution is -2.31. The normalized spacial score (nSPS) is 15.7. The summed E-state index contributed by atoms with van der Waals surface area (Å²) < 4.78 is 0. The number of anilines is 3. The molecule has 0 radical (unpaired) electrons. The van der Waals surface area contributed by atoms with Crippen LogP contribution in [0.15, 0.2) is 0 Å². The number of nitrogens with zero attached hydrogens (tertiary/aromatic N) is 4. The standard InChI is InChI=1S/C11H20N6S/c1-18-8-5-13-10-14-9(12)15-11(16-10)17-6-3-2-4-7-17/h2-8H2,1H3,(H3,12,13,14,15,16). The topological polar surface area (TPSA) is 80.0 Å². The molecule has 0 aromatic carbocycles. The summed E-state index contributed by atoms with van der Waals surface area (Å²) in [4.78, 5) is 14.9. The molecular weight excluding hydrogens is 248 g/mol. The van der Waals surface area contributed by atoms with Crippen LogP contribution in [0, 0.1) is 0 Å². The SMILES string of the molecule is CSCCNc1nc(N)nc(N2CCCCC2)n1. The van der Waals surface area contributed by atoms with Crippen LogP contribution in [0.4, 0.5) is 17.8 Å². The van der Waals surface area contributed by atoms with E-state index in [0.717, 1.165) is 25.4 Å². The van der Waals surface area contributed by atoms with E-state index in [2.05, 4.69) is 31.4 Å². The number of nitrogens with one attached hydrogen (secondary N) is 1. The Morgan fingerprint density at radius 2 is 2.00 bits per heavy atom. The van der Waals surface area contributed by atoms with Gasteiger partial charge in [0.1, 0.15) is 0 Å². The Morgan fingerprint density at radius 1 is 1.22 bits per heavy atom. The van der Waals surface area contributed by atoms with Gasteiger partial charge in [-0.05, 0) is 25.5 Å². The fourth-order valence-corrected chi connectivity index (χ4v) is 2.27. The van der Waals surface area contributed by atoms with Gasteiger partial charge in [0.05, 0.1) is 0 Å². The first kappa shape index (κ1) is 13.2. The third-order valence-electron chi connectivity index (χ3n) is 2.87. The molecule has 0 bridgehead atoms. The van der Waals surface area contributed by atoms with Crippen LogP contribution in [-0.2, 0) is 0 Å². The van der Waals surface area contributed by atoms with Gasteiger partial charge < -0.3 is 16.0 Å². The first-order chi connectivity index (χ1) is 8.79. The van der Waals surface area contributed by atoms with Crippen LogP contribution in [-0.4, -0.2) is 46.6 Å². The molecule has 1 aliphatic rings. The zero-order valence-corrected chi connectivity index (χ0v) is 11.5. The predicted octanol–water partition coefficient (Wildman–Crippen LogP) is 1.22. The zero-order chi connectivity index (χ0) is 12.8. The quantitative estimate of drug-likeness (QED) is 0.777. The van der Waals surface area contributed by atoms with Crippen LogP contribution < -0.4 is 16.0 Å². The molecule has 2 rings (SSSR count). The number of nitrogen functional groups attached to an aromatic ring is 1. The van der Waals surface area contributed by atoms with Gasteiger partial charge in [-0.3, -0.25) is 0 Å². The molecule has 0 unspecified atom stereocenters. The van der Waals surface area contributed by atoms with Crippen molar-refractivity contribution in [3.8, 4) is 0 Å². The summed E-state index contributed by atoms with van der Waals surface area (Å²) in [5.41, 5.74) is 5.74. The Kier molecular flexibility index (Phi) is 4.86. The molecule has 1 aliphatic heterocycles. The van der Waals surface area contributed by atoms with E-state index < -0.39 is 0 Å². The van der Waals surface area contributed by atoms with Gasteiger partial charge in [-0.1, -0.05) is 0 Å². The highest BCUT2D eigenvalue weighted by molar-refractivity contribution is 7.98. The summed E-state index contributed by atoms with van der Waals surface area (Å²) in [7, 11) is 0. The number of aromatic nitrogens is 3. The largest absolute Gasteiger partial charge is 0.368 e. The number of piperidine rings is 1. The van der Waals surface area contributed by atoms with E-state index >= 15 is 0 Å². The van der Waals surface area contributed by atoms with Gasteiger partial charge in [0.25, 0.3) is 0 Å². The highest BCUT2D eigenvalue weighted by Crippen LogP contribution is 2.17. The molecule has 6 nitrogen and oxygen atoms in total. The maximum Gasteiger partial charge on any atom is 0.231 e. The minimum atomic E-state index is 0.289. The van der Waals surface area contributed by atoms with Crippen molar-refractivity contribution in [1.82, 2.24) is 15.0 Å². The third-order valence-corrected chi connectivity index (χ3v) is 3.48. The zero-order valence-electron chi connectivity index (χ0n) is 10.7. The Morgan fingerprint density at radius 3 is 2.72 bits per heavy atom. The summed E-state index contributed by atoms with van der Waals surface area (Å²) in [6.07, 6.45) is 5.75. The Bertz CT molecular complexity index is 380. The minimum Gasteiger partial charge on any atom is -0.368 e. The molecule has 1 aromatic rings. The van der Waals surface area contributed by atoms with Crippen molar-refractivity contribution >= 4 is 29.6 Å². The molecule has 0 saturated carbocycles. The average Bonchev–Trinajstić information content (AvgIpc) is 2.39. The number of thioether (sulfide) groups is 1. The van der Waals surface area contributed by atoms with Crippen molar-refractivity contribution in [2.75, 3.05) is 47.6 Å². The molecule has 1 saturated heterocycles. The highest BCUT2D eigenvalue weighted by atomic mass is 32.2. The molecule has 3 N–H and O–H groups in total. The summed E-state index contributed by atoms with van der Waals surface area (Å²) in [5.74, 6) is 2.59. The molecule has 0 spiro atoms. The van der Waals surface area contributed by atoms with E-state index in [1.54, 1.807) is 11.8 Å². The van der Waals surface area contributed by atoms with Gasteiger partial charge in [-0.2, -0.15) is 26.7 Å². The van der Waals surface area contributed by atoms with E-state index in [-0.39, 0.29) is 5.95 Å². The summed E-state index contributed by atoms with van der Waals surface area (Å²) in [6, 6.07) is 0. The number of nitrogens with two attached hydrogens (primary N) is 1. The van der Waals surface area contributed by atoms with Crippen LogP contribution in [0.25, 0.3) is 0 Å². The molecular formula is C11H20N6S. The fraction of sp³-hybridized carbons (Fsp3) is 0.727. The molecule has 0 aliphatic carbocycles. The first-order valence-electron chi connectivity index (χ1n) is 6.29. The summed E-state index contributed by atoms with van der Waals surface area (Å²) in [6.45, 7) is 2.85. The van der Waals surface area contributed by atoms with Crippen LogP contribution in [0.3, 0.4) is 0 Å². The summed E-state index contributed by atoms with van der Waals surface area (Å²) >= 11 is 1.78. The molecule has 0 atom stereocenters. The molecule has 18 heavy (non-hydrogen) atoms. The van der Waals surface area contributed by atoms with Gasteiger partial charge in [0, 0.05) is 25.4 Å². The van der Waals surface area contributed by atoms with E-state index in [1.165, 1.54) is 19.3 Å². The monoisotopic (exact) mass is 268 g/mol. The second-order valence-corrected chi connectivity index (χ2v) is 5.27. The maximum absolute atomic E-state index is 5.74. The van der Waals surface area contributed by atoms with Gasteiger partial charge in [0.2, 0.25) is 17.8 Å². The second kappa shape index (κ2) is 6.63. The molecule has 1 fully saturated rings. The predicted molar refractivity (Wildman–Crippen MR) is 77.2 cm³/mol. The molecule has 2 heterocycles. The van der Waals surface area contributed by atoms with Gasteiger partial charge in [-0.25, -0.2) is 0 Å². The average molecular weight is 268 g/mol. The van der Waals surface area contributed by atoms with Crippen molar-refractivity contribution in [3.05, 3.63) is 0 Å². The molecule has 7 heteroatoms. The van der Waals surface area contributed by atoms with E-state index in [0.29, 0.717) is 11.9 Å². The van der Waals surface area contributed by atoms with Crippen LogP contribution in [0.5, 0.6) is 0 Å². The lowest BCUT2D eigenvalue weighted by Gasteiger charge is -2.26. The number of rotatable bonds is 5. The van der Waals surface area contributed by atoms with Crippen molar-refractivity contribution in [3.63, 3.8) is 0 Å². The Labute approximate surface area is 112 Å². The number of hydrogen-bond donors (Lipinski definition) is 2. The third kappa shape index (κ3) is 3.63. The Hall–Kier alpha value is -1.24. The van der Waals surface area contributed by atoms with E-state index in [9.17, 15) is 0 Å². The minimum absolute atomic E-state index is 0.289. The van der Waals surface area contributed by atoms with Gasteiger partial charge in [-0.15, -0.1) is 0 Å². The van der Waals surface area contributed by atoms with Crippen LogP contribution >= 0.6 is 11.8 Å².